The third-order valence-electron chi connectivity index (χ3n) is 1.90. The second-order valence-corrected chi connectivity index (χ2v) is 2.74. The molecule has 13 heavy (non-hydrogen) atoms. The number of fused-ring (bicyclic) bond motifs is 1. The zero-order chi connectivity index (χ0) is 9.42. The van der Waals surface area contributed by atoms with Gasteiger partial charge in [-0.05, 0) is 18.2 Å². The quantitative estimate of drug-likeness (QED) is 0.619. The van der Waals surface area contributed by atoms with Crippen LogP contribution in [0.3, 0.4) is 0 Å². The van der Waals surface area contributed by atoms with E-state index in [0.717, 1.165) is 5.39 Å². The van der Waals surface area contributed by atoms with Crippen LogP contribution >= 0.6 is 0 Å². The van der Waals surface area contributed by atoms with E-state index < -0.39 is 5.97 Å². The van der Waals surface area contributed by atoms with Crippen molar-refractivity contribution in [1.82, 2.24) is 4.98 Å². The number of carboxylic acids is 1. The summed E-state index contributed by atoms with van der Waals surface area (Å²) in [5.74, 6) is -1.34. The second kappa shape index (κ2) is 2.52. The maximum absolute atomic E-state index is 10.6. The highest BCUT2D eigenvalue weighted by Crippen LogP contribution is 2.23. The fourth-order valence-electron chi connectivity index (χ4n) is 1.26. The van der Waals surface area contributed by atoms with E-state index >= 15 is 0 Å². The number of aromatic hydroxyl groups is 1. The molecule has 0 fully saturated rings. The molecule has 0 amide bonds. The summed E-state index contributed by atoms with van der Waals surface area (Å²) in [5.41, 5.74) is 0.616. The Labute approximate surface area is 73.4 Å². The second-order valence-electron chi connectivity index (χ2n) is 2.74. The Kier molecular flexibility index (Phi) is 1.48. The molecule has 3 N–H and O–H groups in total. The maximum Gasteiger partial charge on any atom is 0.339 e. The molecule has 0 unspecified atom stereocenters. The molecule has 0 radical (unpaired) electrons. The van der Waals surface area contributed by atoms with Gasteiger partial charge >= 0.3 is 5.97 Å². The molecule has 0 aliphatic rings. The van der Waals surface area contributed by atoms with Crippen LogP contribution < -0.4 is 0 Å². The smallest absolute Gasteiger partial charge is 0.339 e. The van der Waals surface area contributed by atoms with E-state index in [-0.39, 0.29) is 11.3 Å². The third kappa shape index (κ3) is 1.12. The average molecular weight is 177 g/mol. The van der Waals surface area contributed by atoms with E-state index in [9.17, 15) is 9.90 Å². The van der Waals surface area contributed by atoms with Gasteiger partial charge in [0.05, 0.1) is 0 Å². The minimum atomic E-state index is -1.13. The third-order valence-corrected chi connectivity index (χ3v) is 1.90. The van der Waals surface area contributed by atoms with Crippen LogP contribution in [0.5, 0.6) is 5.75 Å². The monoisotopic (exact) mass is 177 g/mol. The summed E-state index contributed by atoms with van der Waals surface area (Å²) in [4.78, 5) is 13.5. The lowest BCUT2D eigenvalue weighted by Gasteiger charge is -1.98. The summed E-state index contributed by atoms with van der Waals surface area (Å²) in [7, 11) is 0. The average Bonchev–Trinajstić information content (AvgIpc) is 2.48. The number of rotatable bonds is 1. The zero-order valence-electron chi connectivity index (χ0n) is 6.61. The summed E-state index contributed by atoms with van der Waals surface area (Å²) in [5, 5.41) is 18.8. The van der Waals surface area contributed by atoms with Crippen molar-refractivity contribution in [3.8, 4) is 5.75 Å². The van der Waals surface area contributed by atoms with Gasteiger partial charge in [-0.3, -0.25) is 0 Å². The van der Waals surface area contributed by atoms with Gasteiger partial charge in [0.2, 0.25) is 0 Å². The van der Waals surface area contributed by atoms with Crippen LogP contribution in [-0.4, -0.2) is 21.2 Å². The Bertz CT molecular complexity index is 473. The van der Waals surface area contributed by atoms with Crippen molar-refractivity contribution in [3.05, 3.63) is 30.0 Å². The van der Waals surface area contributed by atoms with Gasteiger partial charge in [0.15, 0.2) is 0 Å². The molecule has 2 aromatic rings. The van der Waals surface area contributed by atoms with Crippen molar-refractivity contribution in [2.45, 2.75) is 0 Å². The zero-order valence-corrected chi connectivity index (χ0v) is 6.61. The van der Waals surface area contributed by atoms with E-state index in [2.05, 4.69) is 4.98 Å². The Hall–Kier alpha value is -1.97. The number of benzene rings is 1. The molecule has 4 heteroatoms. The lowest BCUT2D eigenvalue weighted by atomic mass is 10.1. The van der Waals surface area contributed by atoms with Gasteiger partial charge < -0.3 is 15.2 Å². The first kappa shape index (κ1) is 7.67. The van der Waals surface area contributed by atoms with E-state index in [4.69, 9.17) is 5.11 Å². The molecule has 0 saturated heterocycles. The van der Waals surface area contributed by atoms with E-state index in [1.54, 1.807) is 12.3 Å². The molecule has 0 aliphatic heterocycles. The fraction of sp³-hybridized carbons (Fsp3) is 0. The van der Waals surface area contributed by atoms with Crippen LogP contribution in [0.15, 0.2) is 24.4 Å². The minimum Gasteiger partial charge on any atom is -0.507 e. The molecule has 1 aromatic heterocycles. The number of H-pyrrole nitrogens is 1. The number of carbonyl (C=O) groups is 1. The van der Waals surface area contributed by atoms with E-state index in [0.29, 0.717) is 5.52 Å². The summed E-state index contributed by atoms with van der Waals surface area (Å²) in [6.45, 7) is 0. The van der Waals surface area contributed by atoms with Crippen molar-refractivity contribution < 1.29 is 15.0 Å². The molecule has 0 bridgehead atoms. The number of phenols is 1. The van der Waals surface area contributed by atoms with Crippen LogP contribution in [0.25, 0.3) is 10.9 Å². The summed E-state index contributed by atoms with van der Waals surface area (Å²) < 4.78 is 0. The number of aromatic amines is 1. The molecule has 0 atom stereocenters. The largest absolute Gasteiger partial charge is 0.507 e. The molecular weight excluding hydrogens is 170 g/mol. The predicted molar refractivity (Wildman–Crippen MR) is 46.9 cm³/mol. The lowest BCUT2D eigenvalue weighted by molar-refractivity contribution is 0.0694. The topological polar surface area (TPSA) is 73.3 Å². The Morgan fingerprint density at radius 3 is 2.85 bits per heavy atom. The molecule has 0 aliphatic carbocycles. The van der Waals surface area contributed by atoms with Crippen molar-refractivity contribution >= 4 is 16.9 Å². The lowest BCUT2D eigenvalue weighted by Crippen LogP contribution is -1.96. The van der Waals surface area contributed by atoms with Gasteiger partial charge in [-0.1, -0.05) is 0 Å². The number of carboxylic acid groups (broad SMARTS) is 1. The molecule has 2 rings (SSSR count). The highest BCUT2D eigenvalue weighted by atomic mass is 16.4. The number of hydrogen-bond acceptors (Lipinski definition) is 2. The van der Waals surface area contributed by atoms with Crippen LogP contribution in [0.4, 0.5) is 0 Å². The first-order valence-corrected chi connectivity index (χ1v) is 3.72. The van der Waals surface area contributed by atoms with Crippen LogP contribution in [-0.2, 0) is 0 Å². The maximum atomic E-state index is 10.6. The molecule has 1 aromatic carbocycles. The van der Waals surface area contributed by atoms with Gasteiger partial charge in [-0.25, -0.2) is 4.79 Å². The fourth-order valence-corrected chi connectivity index (χ4v) is 1.26. The highest BCUT2D eigenvalue weighted by Gasteiger charge is 2.10. The number of aromatic nitrogens is 1. The van der Waals surface area contributed by atoms with Crippen LogP contribution in [0.1, 0.15) is 10.4 Å². The standard InChI is InChI=1S/C9H7NO3/c11-8-3-5-1-2-10-7(5)4-6(8)9(12)13/h1-4,10-11H,(H,12,13). The molecule has 0 saturated carbocycles. The molecule has 1 heterocycles. The predicted octanol–water partition coefficient (Wildman–Crippen LogP) is 1.57. The normalized spacial score (nSPS) is 10.5. The Morgan fingerprint density at radius 1 is 1.38 bits per heavy atom. The first-order chi connectivity index (χ1) is 6.18. The van der Waals surface area contributed by atoms with Gasteiger partial charge in [0, 0.05) is 17.1 Å². The van der Waals surface area contributed by atoms with Gasteiger partial charge in [-0.2, -0.15) is 0 Å². The van der Waals surface area contributed by atoms with Crippen molar-refractivity contribution in [1.29, 1.82) is 0 Å². The van der Waals surface area contributed by atoms with Gasteiger partial charge in [-0.15, -0.1) is 0 Å². The molecular formula is C9H7NO3. The molecule has 4 nitrogen and oxygen atoms in total. The van der Waals surface area contributed by atoms with Crippen molar-refractivity contribution in [3.63, 3.8) is 0 Å². The molecule has 66 valence electrons. The minimum absolute atomic E-state index is 0.0880. The van der Waals surface area contributed by atoms with Gasteiger partial charge in [0.25, 0.3) is 0 Å². The van der Waals surface area contributed by atoms with Crippen molar-refractivity contribution in [2.24, 2.45) is 0 Å². The van der Waals surface area contributed by atoms with Crippen molar-refractivity contribution in [2.75, 3.05) is 0 Å². The number of aromatic carboxylic acids is 1. The molecule has 0 spiro atoms. The van der Waals surface area contributed by atoms with Crippen LogP contribution in [0, 0.1) is 0 Å². The first-order valence-electron chi connectivity index (χ1n) is 3.72. The van der Waals surface area contributed by atoms with Crippen LogP contribution in [0.2, 0.25) is 0 Å². The Morgan fingerprint density at radius 2 is 2.15 bits per heavy atom. The highest BCUT2D eigenvalue weighted by molar-refractivity contribution is 5.96. The summed E-state index contributed by atoms with van der Waals surface area (Å²) >= 11 is 0. The van der Waals surface area contributed by atoms with E-state index in [1.165, 1.54) is 12.1 Å². The van der Waals surface area contributed by atoms with E-state index in [1.807, 2.05) is 0 Å². The SMILES string of the molecule is O=C(O)c1cc2[nH]ccc2cc1O. The summed E-state index contributed by atoms with van der Waals surface area (Å²) in [6.07, 6.45) is 1.69. The number of hydrogen-bond donors (Lipinski definition) is 3. The summed E-state index contributed by atoms with van der Waals surface area (Å²) in [6, 6.07) is 4.60. The van der Waals surface area contributed by atoms with Gasteiger partial charge in [0.1, 0.15) is 11.3 Å². The Balaban J connectivity index is 2.76. The number of nitrogens with one attached hydrogen (secondary N) is 1.